The molecule has 0 spiro atoms. The first-order valence-electron chi connectivity index (χ1n) is 6.61. The number of hydrogen-bond donors (Lipinski definition) is 0. The maximum absolute atomic E-state index is 13.3. The average molecular weight is 347 g/mol. The predicted octanol–water partition coefficient (Wildman–Crippen LogP) is 4.08. The first-order chi connectivity index (χ1) is 11.2. The van der Waals surface area contributed by atoms with E-state index in [0.717, 1.165) is 5.69 Å². The number of aromatic nitrogens is 3. The lowest BCUT2D eigenvalue weighted by molar-refractivity contribution is 0.599. The minimum atomic E-state index is -0.347. The van der Waals surface area contributed by atoms with E-state index in [1.807, 2.05) is 0 Å². The number of nitrogens with zero attached hydrogens (tertiary/aromatic N) is 4. The van der Waals surface area contributed by atoms with Gasteiger partial charge in [-0.05, 0) is 42.5 Å². The van der Waals surface area contributed by atoms with Gasteiger partial charge in [0.25, 0.3) is 0 Å². The molecule has 5 nitrogen and oxygen atoms in total. The van der Waals surface area contributed by atoms with Gasteiger partial charge in [-0.1, -0.05) is 17.7 Å². The average Bonchev–Trinajstić information content (AvgIpc) is 3.08. The van der Waals surface area contributed by atoms with Gasteiger partial charge in [0.05, 0.1) is 5.69 Å². The van der Waals surface area contributed by atoms with Crippen molar-refractivity contribution < 1.29 is 8.81 Å². The third kappa shape index (κ3) is 2.88. The molecule has 114 valence electrons. The Labute approximate surface area is 138 Å². The predicted molar refractivity (Wildman–Crippen MR) is 85.2 cm³/mol. The molecule has 0 saturated carbocycles. The molecule has 4 aromatic rings. The van der Waals surface area contributed by atoms with Gasteiger partial charge in [-0.2, -0.15) is 4.98 Å². The fourth-order valence-electron chi connectivity index (χ4n) is 1.99. The quantitative estimate of drug-likeness (QED) is 0.549. The molecule has 0 aliphatic rings. The summed E-state index contributed by atoms with van der Waals surface area (Å²) in [4.78, 5) is 9.14. The van der Waals surface area contributed by atoms with E-state index in [9.17, 15) is 4.39 Å². The molecule has 0 fully saturated rings. The number of halogens is 2. The van der Waals surface area contributed by atoms with Crippen molar-refractivity contribution >= 4 is 34.7 Å². The topological polar surface area (TPSA) is 55.7 Å². The number of hydrogen-bond acceptors (Lipinski definition) is 5. The molecule has 0 saturated heterocycles. The zero-order valence-corrected chi connectivity index (χ0v) is 13.1. The van der Waals surface area contributed by atoms with E-state index < -0.39 is 0 Å². The molecule has 0 aliphatic carbocycles. The number of fused-ring (bicyclic) bond motifs is 1. The molecule has 0 N–H and O–H groups in total. The lowest BCUT2D eigenvalue weighted by Crippen LogP contribution is -1.95. The van der Waals surface area contributed by atoms with Crippen molar-refractivity contribution in [1.82, 2.24) is 14.0 Å². The van der Waals surface area contributed by atoms with Crippen LogP contribution in [0.1, 0.15) is 0 Å². The number of rotatable bonds is 2. The van der Waals surface area contributed by atoms with E-state index in [1.54, 1.807) is 36.4 Å². The molecular weight excluding hydrogens is 339 g/mol. The van der Waals surface area contributed by atoms with Crippen LogP contribution in [0.2, 0.25) is 5.02 Å². The van der Waals surface area contributed by atoms with E-state index in [0.29, 0.717) is 27.1 Å². The molecule has 8 heteroatoms. The molecule has 2 aromatic heterocycles. The highest BCUT2D eigenvalue weighted by Crippen LogP contribution is 2.20. The fraction of sp³-hybridized carbons (Fsp3) is 0. The molecule has 0 radical (unpaired) electrons. The molecule has 0 bridgehead atoms. The second-order valence-corrected chi connectivity index (χ2v) is 5.98. The molecular formula is C15H8ClFN4OS. The van der Waals surface area contributed by atoms with Crippen LogP contribution in [0.15, 0.2) is 57.9 Å². The minimum absolute atomic E-state index is 0.307. The Balaban J connectivity index is 1.73. The third-order valence-corrected chi connectivity index (χ3v) is 4.02. The SMILES string of the molecule is Fc1cccc(-c2nn3sc(=Nc4ccc(Cl)cc4)nc3o2)c1. The zero-order chi connectivity index (χ0) is 15.8. The van der Waals surface area contributed by atoms with Crippen LogP contribution in [0, 0.1) is 5.82 Å². The Morgan fingerprint density at radius 3 is 2.74 bits per heavy atom. The van der Waals surface area contributed by atoms with Gasteiger partial charge in [-0.3, -0.25) is 0 Å². The van der Waals surface area contributed by atoms with Crippen LogP contribution in [-0.4, -0.2) is 14.0 Å². The minimum Gasteiger partial charge on any atom is -0.402 e. The monoisotopic (exact) mass is 346 g/mol. The Hall–Kier alpha value is -2.51. The highest BCUT2D eigenvalue weighted by molar-refractivity contribution is 7.03. The van der Waals surface area contributed by atoms with E-state index in [-0.39, 0.29) is 5.82 Å². The summed E-state index contributed by atoms with van der Waals surface area (Å²) in [5, 5.41) is 4.90. The maximum Gasteiger partial charge on any atom is 0.337 e. The van der Waals surface area contributed by atoms with Crippen LogP contribution in [0.5, 0.6) is 0 Å². The van der Waals surface area contributed by atoms with E-state index in [1.165, 1.54) is 27.6 Å². The molecule has 4 rings (SSSR count). The largest absolute Gasteiger partial charge is 0.402 e. The Morgan fingerprint density at radius 2 is 2.00 bits per heavy atom. The van der Waals surface area contributed by atoms with Gasteiger partial charge in [-0.15, -0.1) is 9.00 Å². The normalized spacial score (nSPS) is 12.2. The van der Waals surface area contributed by atoms with Crippen LogP contribution >= 0.6 is 23.1 Å². The van der Waals surface area contributed by atoms with Gasteiger partial charge in [0.15, 0.2) is 0 Å². The lowest BCUT2D eigenvalue weighted by Gasteiger charge is -1.93. The fourth-order valence-corrected chi connectivity index (χ4v) is 2.80. The van der Waals surface area contributed by atoms with Crippen molar-refractivity contribution in [1.29, 1.82) is 0 Å². The Kier molecular flexibility index (Phi) is 3.44. The van der Waals surface area contributed by atoms with Gasteiger partial charge >= 0.3 is 5.84 Å². The van der Waals surface area contributed by atoms with Crippen molar-refractivity contribution in [3.05, 3.63) is 64.2 Å². The van der Waals surface area contributed by atoms with Crippen LogP contribution in [0.4, 0.5) is 10.1 Å². The Bertz CT molecular complexity index is 1020. The summed E-state index contributed by atoms with van der Waals surface area (Å²) < 4.78 is 20.3. The highest BCUT2D eigenvalue weighted by atomic mass is 35.5. The van der Waals surface area contributed by atoms with Gasteiger partial charge in [-0.25, -0.2) is 9.38 Å². The number of benzene rings is 2. The molecule has 0 atom stereocenters. The summed E-state index contributed by atoms with van der Waals surface area (Å²) in [5.74, 6) is 0.267. The standard InChI is InChI=1S/C15H8ClFN4OS/c16-10-4-6-12(7-5-10)18-14-19-15-21(23-14)20-13(22-15)9-2-1-3-11(17)8-9/h1-8H. The molecule has 2 aromatic carbocycles. The van der Waals surface area contributed by atoms with Crippen LogP contribution < -0.4 is 4.80 Å². The van der Waals surface area contributed by atoms with Crippen molar-refractivity contribution in [3.63, 3.8) is 0 Å². The van der Waals surface area contributed by atoms with Crippen molar-refractivity contribution in [2.45, 2.75) is 0 Å². The van der Waals surface area contributed by atoms with E-state index in [2.05, 4.69) is 15.1 Å². The lowest BCUT2D eigenvalue weighted by atomic mass is 10.2. The second-order valence-electron chi connectivity index (χ2n) is 4.65. The highest BCUT2D eigenvalue weighted by Gasteiger charge is 2.11. The van der Waals surface area contributed by atoms with E-state index >= 15 is 0 Å². The van der Waals surface area contributed by atoms with Crippen LogP contribution in [-0.2, 0) is 0 Å². The van der Waals surface area contributed by atoms with Gasteiger partial charge in [0, 0.05) is 22.1 Å². The molecule has 0 unspecified atom stereocenters. The molecule has 23 heavy (non-hydrogen) atoms. The van der Waals surface area contributed by atoms with Crippen molar-refractivity contribution in [2.24, 2.45) is 4.99 Å². The maximum atomic E-state index is 13.3. The van der Waals surface area contributed by atoms with Crippen molar-refractivity contribution in [3.8, 4) is 11.5 Å². The third-order valence-electron chi connectivity index (χ3n) is 3.02. The summed E-state index contributed by atoms with van der Waals surface area (Å²) in [6, 6.07) is 13.1. The van der Waals surface area contributed by atoms with Crippen LogP contribution in [0.25, 0.3) is 17.3 Å². The second kappa shape index (κ2) is 5.60. The summed E-state index contributed by atoms with van der Waals surface area (Å²) >= 11 is 7.06. The molecule has 2 heterocycles. The summed E-state index contributed by atoms with van der Waals surface area (Å²) in [5.41, 5.74) is 1.29. The summed E-state index contributed by atoms with van der Waals surface area (Å²) in [7, 11) is 0. The Morgan fingerprint density at radius 1 is 1.17 bits per heavy atom. The van der Waals surface area contributed by atoms with E-state index in [4.69, 9.17) is 16.0 Å². The summed E-state index contributed by atoms with van der Waals surface area (Å²) in [6.45, 7) is 0. The van der Waals surface area contributed by atoms with Crippen LogP contribution in [0.3, 0.4) is 0 Å². The van der Waals surface area contributed by atoms with Gasteiger partial charge in [0.2, 0.25) is 10.7 Å². The van der Waals surface area contributed by atoms with Gasteiger partial charge in [0.1, 0.15) is 5.82 Å². The first kappa shape index (κ1) is 14.1. The zero-order valence-electron chi connectivity index (χ0n) is 11.5. The van der Waals surface area contributed by atoms with Gasteiger partial charge < -0.3 is 4.42 Å². The molecule has 0 amide bonds. The smallest absolute Gasteiger partial charge is 0.337 e. The first-order valence-corrected chi connectivity index (χ1v) is 7.76. The van der Waals surface area contributed by atoms with Crippen molar-refractivity contribution in [2.75, 3.05) is 0 Å². The summed E-state index contributed by atoms with van der Waals surface area (Å²) in [6.07, 6.45) is 0. The molecule has 0 aliphatic heterocycles.